The second kappa shape index (κ2) is 5.85. The molecule has 0 saturated carbocycles. The smallest absolute Gasteiger partial charge is 0.335 e. The zero-order valence-corrected chi connectivity index (χ0v) is 11.9. The second-order valence-corrected chi connectivity index (χ2v) is 5.45. The minimum Gasteiger partial charge on any atom is -0.478 e. The molecule has 1 aromatic carbocycles. The number of thiazole rings is 1. The summed E-state index contributed by atoms with van der Waals surface area (Å²) in [4.78, 5) is 19.7. The van der Waals surface area contributed by atoms with E-state index < -0.39 is 5.97 Å². The van der Waals surface area contributed by atoms with E-state index in [-0.39, 0.29) is 5.56 Å². The molecule has 0 saturated heterocycles. The van der Waals surface area contributed by atoms with Gasteiger partial charge in [-0.1, -0.05) is 18.2 Å². The van der Waals surface area contributed by atoms with Crippen molar-refractivity contribution in [3.8, 4) is 11.3 Å². The van der Waals surface area contributed by atoms with Gasteiger partial charge in [-0.25, -0.2) is 9.78 Å². The van der Waals surface area contributed by atoms with E-state index in [9.17, 15) is 4.79 Å². The molecule has 21 heavy (non-hydrogen) atoms. The van der Waals surface area contributed by atoms with Crippen LogP contribution in [0.3, 0.4) is 0 Å². The van der Waals surface area contributed by atoms with E-state index in [0.717, 1.165) is 22.0 Å². The van der Waals surface area contributed by atoms with Gasteiger partial charge in [0.15, 0.2) is 0 Å². The van der Waals surface area contributed by atoms with Gasteiger partial charge < -0.3 is 5.11 Å². The summed E-state index contributed by atoms with van der Waals surface area (Å²) in [6.07, 6.45) is 2.48. The van der Waals surface area contributed by atoms with E-state index in [2.05, 4.69) is 9.97 Å². The normalized spacial score (nSPS) is 10.5. The molecule has 5 heteroatoms. The highest BCUT2D eigenvalue weighted by molar-refractivity contribution is 7.10. The molecule has 1 N–H and O–H groups in total. The van der Waals surface area contributed by atoms with Gasteiger partial charge in [0.2, 0.25) is 0 Å². The molecule has 0 bridgehead atoms. The van der Waals surface area contributed by atoms with Crippen molar-refractivity contribution in [1.29, 1.82) is 0 Å². The zero-order valence-electron chi connectivity index (χ0n) is 11.1. The lowest BCUT2D eigenvalue weighted by Crippen LogP contribution is -1.95. The second-order valence-electron chi connectivity index (χ2n) is 4.51. The number of carboxylic acids is 1. The molecule has 0 radical (unpaired) electrons. The van der Waals surface area contributed by atoms with Crippen LogP contribution in [-0.2, 0) is 6.42 Å². The Morgan fingerprint density at radius 1 is 1.14 bits per heavy atom. The fourth-order valence-electron chi connectivity index (χ4n) is 1.97. The zero-order chi connectivity index (χ0) is 14.7. The molecule has 0 aliphatic heterocycles. The van der Waals surface area contributed by atoms with Gasteiger partial charge in [0.1, 0.15) is 0 Å². The number of carboxylic acid groups (broad SMARTS) is 1. The number of carbonyl (C=O) groups is 1. The van der Waals surface area contributed by atoms with Crippen LogP contribution in [-0.4, -0.2) is 21.0 Å². The maximum Gasteiger partial charge on any atom is 0.335 e. The molecule has 0 fully saturated rings. The number of pyridine rings is 1. The predicted octanol–water partition coefficient (Wildman–Crippen LogP) is 3.49. The first-order valence-corrected chi connectivity index (χ1v) is 7.28. The quantitative estimate of drug-likeness (QED) is 0.800. The summed E-state index contributed by atoms with van der Waals surface area (Å²) in [7, 11) is 0. The van der Waals surface area contributed by atoms with Crippen LogP contribution in [0, 0.1) is 0 Å². The van der Waals surface area contributed by atoms with Crippen molar-refractivity contribution in [1.82, 2.24) is 9.97 Å². The highest BCUT2D eigenvalue weighted by atomic mass is 32.1. The summed E-state index contributed by atoms with van der Waals surface area (Å²) in [6.45, 7) is 0. The SMILES string of the molecule is O=C(O)c1ccc(-c2csc(Cc3ccccn3)n2)cc1. The topological polar surface area (TPSA) is 63.1 Å². The maximum absolute atomic E-state index is 10.8. The van der Waals surface area contributed by atoms with E-state index in [4.69, 9.17) is 5.11 Å². The van der Waals surface area contributed by atoms with Crippen LogP contribution in [0.25, 0.3) is 11.3 Å². The summed E-state index contributed by atoms with van der Waals surface area (Å²) < 4.78 is 0. The van der Waals surface area contributed by atoms with E-state index in [0.29, 0.717) is 6.42 Å². The van der Waals surface area contributed by atoms with E-state index in [1.165, 1.54) is 0 Å². The number of benzene rings is 1. The molecule has 3 rings (SSSR count). The molecule has 0 atom stereocenters. The highest BCUT2D eigenvalue weighted by Gasteiger charge is 2.07. The summed E-state index contributed by atoms with van der Waals surface area (Å²) in [5.41, 5.74) is 3.05. The third kappa shape index (κ3) is 3.14. The molecule has 0 spiro atoms. The van der Waals surface area contributed by atoms with Gasteiger partial charge in [-0.05, 0) is 24.3 Å². The van der Waals surface area contributed by atoms with Gasteiger partial charge in [0.25, 0.3) is 0 Å². The molecule has 3 aromatic rings. The van der Waals surface area contributed by atoms with Crippen LogP contribution in [0.4, 0.5) is 0 Å². The van der Waals surface area contributed by atoms with Crippen molar-refractivity contribution in [2.75, 3.05) is 0 Å². The standard InChI is InChI=1S/C16H12N2O2S/c19-16(20)12-6-4-11(5-7-12)14-10-21-15(18-14)9-13-3-1-2-8-17-13/h1-8,10H,9H2,(H,19,20). The van der Waals surface area contributed by atoms with E-state index >= 15 is 0 Å². The van der Waals surface area contributed by atoms with Crippen molar-refractivity contribution in [3.63, 3.8) is 0 Å². The van der Waals surface area contributed by atoms with Crippen LogP contribution < -0.4 is 0 Å². The Morgan fingerprint density at radius 3 is 2.62 bits per heavy atom. The van der Waals surface area contributed by atoms with Crippen LogP contribution in [0.15, 0.2) is 54.0 Å². The summed E-state index contributed by atoms with van der Waals surface area (Å²) in [6, 6.07) is 12.6. The van der Waals surface area contributed by atoms with Crippen LogP contribution in [0.1, 0.15) is 21.1 Å². The molecular formula is C16H12N2O2S. The first kappa shape index (κ1) is 13.5. The Kier molecular flexibility index (Phi) is 3.75. The first-order valence-electron chi connectivity index (χ1n) is 6.40. The minimum atomic E-state index is -0.921. The third-order valence-electron chi connectivity index (χ3n) is 3.04. The maximum atomic E-state index is 10.8. The van der Waals surface area contributed by atoms with Gasteiger partial charge in [0, 0.05) is 29.3 Å². The average molecular weight is 296 g/mol. The van der Waals surface area contributed by atoms with Crippen molar-refractivity contribution in [3.05, 3.63) is 70.3 Å². The summed E-state index contributed by atoms with van der Waals surface area (Å²) >= 11 is 1.58. The molecular weight excluding hydrogens is 284 g/mol. The third-order valence-corrected chi connectivity index (χ3v) is 3.89. The Hall–Kier alpha value is -2.53. The number of rotatable bonds is 4. The molecule has 0 unspecified atom stereocenters. The van der Waals surface area contributed by atoms with Gasteiger partial charge in [-0.2, -0.15) is 0 Å². The number of aromatic nitrogens is 2. The Morgan fingerprint density at radius 2 is 1.95 bits per heavy atom. The predicted molar refractivity (Wildman–Crippen MR) is 81.6 cm³/mol. The molecule has 0 aliphatic carbocycles. The molecule has 2 aromatic heterocycles. The van der Waals surface area contributed by atoms with Gasteiger partial charge >= 0.3 is 5.97 Å². The molecule has 104 valence electrons. The first-order chi connectivity index (χ1) is 10.2. The lowest BCUT2D eigenvalue weighted by molar-refractivity contribution is 0.0697. The summed E-state index contributed by atoms with van der Waals surface area (Å²) in [5.74, 6) is -0.921. The average Bonchev–Trinajstić information content (AvgIpc) is 2.97. The molecule has 0 aliphatic rings. The Balaban J connectivity index is 1.80. The monoisotopic (exact) mass is 296 g/mol. The van der Waals surface area contributed by atoms with E-state index in [1.54, 1.807) is 41.8 Å². The molecule has 0 amide bonds. The van der Waals surface area contributed by atoms with Crippen molar-refractivity contribution in [2.24, 2.45) is 0 Å². The molecule has 2 heterocycles. The lowest BCUT2D eigenvalue weighted by Gasteiger charge is -1.98. The number of nitrogens with zero attached hydrogens (tertiary/aromatic N) is 2. The lowest BCUT2D eigenvalue weighted by atomic mass is 10.1. The van der Waals surface area contributed by atoms with Gasteiger partial charge in [-0.15, -0.1) is 11.3 Å². The van der Waals surface area contributed by atoms with Crippen LogP contribution in [0.5, 0.6) is 0 Å². The summed E-state index contributed by atoms with van der Waals surface area (Å²) in [5, 5.41) is 11.9. The van der Waals surface area contributed by atoms with Crippen molar-refractivity contribution >= 4 is 17.3 Å². The Labute approximate surface area is 125 Å². The minimum absolute atomic E-state index is 0.280. The Bertz CT molecular complexity index is 751. The fourth-order valence-corrected chi connectivity index (χ4v) is 2.78. The fraction of sp³-hybridized carbons (Fsp3) is 0.0625. The highest BCUT2D eigenvalue weighted by Crippen LogP contribution is 2.23. The largest absolute Gasteiger partial charge is 0.478 e. The number of hydrogen-bond acceptors (Lipinski definition) is 4. The van der Waals surface area contributed by atoms with Crippen molar-refractivity contribution < 1.29 is 9.90 Å². The molecule has 4 nitrogen and oxygen atoms in total. The van der Waals surface area contributed by atoms with Gasteiger partial charge in [-0.3, -0.25) is 4.98 Å². The number of aromatic carboxylic acids is 1. The van der Waals surface area contributed by atoms with Crippen LogP contribution >= 0.6 is 11.3 Å². The van der Waals surface area contributed by atoms with Crippen molar-refractivity contribution in [2.45, 2.75) is 6.42 Å². The van der Waals surface area contributed by atoms with Crippen LogP contribution in [0.2, 0.25) is 0 Å². The van der Waals surface area contributed by atoms with E-state index in [1.807, 2.05) is 23.6 Å². The number of hydrogen-bond donors (Lipinski definition) is 1. The van der Waals surface area contributed by atoms with Gasteiger partial charge in [0.05, 0.1) is 16.3 Å².